The van der Waals surface area contributed by atoms with Crippen molar-refractivity contribution in [2.24, 2.45) is 5.92 Å². The maximum atomic E-state index is 12.1. The molecule has 0 amide bonds. The highest BCUT2D eigenvalue weighted by Crippen LogP contribution is 2.44. The Kier molecular flexibility index (Phi) is 1.97. The molecule has 0 N–H and O–H groups in total. The van der Waals surface area contributed by atoms with Gasteiger partial charge in [0.25, 0.3) is 0 Å². The Morgan fingerprint density at radius 2 is 1.80 bits per heavy atom. The second kappa shape index (κ2) is 2.48. The molecular weight excluding hydrogens is 140 g/mol. The predicted octanol–water partition coefficient (Wildman–Crippen LogP) is 3.02. The Balaban J connectivity index is 2.55. The first-order chi connectivity index (χ1) is 4.52. The molecule has 0 heterocycles. The molecule has 0 radical (unpaired) electrons. The Bertz CT molecular complexity index is 121. The van der Waals surface area contributed by atoms with E-state index < -0.39 is 12.8 Å². The van der Waals surface area contributed by atoms with Gasteiger partial charge in [0, 0.05) is 0 Å². The van der Waals surface area contributed by atoms with Crippen molar-refractivity contribution in [3.63, 3.8) is 0 Å². The minimum atomic E-state index is -4.55. The molecule has 1 saturated carbocycles. The molecule has 1 aliphatic rings. The fourth-order valence-electron chi connectivity index (χ4n) is 1.74. The average molecular weight is 151 g/mol. The highest BCUT2D eigenvalue weighted by molar-refractivity contribution is 6.60. The standard InChI is InChI=1S/C6H11BF3/c1-5-3-2-4-6(5)7(8,9)10/h5-6H,2-4H2,1H3/q-1/t5-,6-/m1/s1. The summed E-state index contributed by atoms with van der Waals surface area (Å²) >= 11 is 0. The first kappa shape index (κ1) is 7.96. The molecule has 0 aromatic carbocycles. The lowest BCUT2D eigenvalue weighted by molar-refractivity contribution is 0.402. The van der Waals surface area contributed by atoms with Crippen LogP contribution in [0.3, 0.4) is 0 Å². The van der Waals surface area contributed by atoms with Crippen molar-refractivity contribution in [3.8, 4) is 0 Å². The SMILES string of the molecule is C[C@@H]1CCC[C@H]1[B-](F)(F)F. The summed E-state index contributed by atoms with van der Waals surface area (Å²) in [5.74, 6) is -1.08. The topological polar surface area (TPSA) is 0 Å². The van der Waals surface area contributed by atoms with Gasteiger partial charge in [0.2, 0.25) is 0 Å². The molecule has 1 aliphatic carbocycles. The van der Waals surface area contributed by atoms with Gasteiger partial charge in [-0.05, 0) is 0 Å². The van der Waals surface area contributed by atoms with E-state index in [0.29, 0.717) is 6.42 Å². The lowest BCUT2D eigenvalue weighted by atomic mass is 9.67. The van der Waals surface area contributed by atoms with Gasteiger partial charge in [-0.3, -0.25) is 0 Å². The van der Waals surface area contributed by atoms with E-state index in [4.69, 9.17) is 0 Å². The van der Waals surface area contributed by atoms with Crippen molar-refractivity contribution in [2.75, 3.05) is 0 Å². The molecule has 0 bridgehead atoms. The lowest BCUT2D eigenvalue weighted by Gasteiger charge is -2.25. The number of rotatable bonds is 1. The van der Waals surface area contributed by atoms with E-state index in [0.717, 1.165) is 12.8 Å². The average Bonchev–Trinajstić information content (AvgIpc) is 2.11. The molecule has 0 saturated heterocycles. The van der Waals surface area contributed by atoms with E-state index in [2.05, 4.69) is 0 Å². The summed E-state index contributed by atoms with van der Waals surface area (Å²) in [5, 5.41) is 0. The summed E-state index contributed by atoms with van der Waals surface area (Å²) in [6.45, 7) is -2.85. The second-order valence-electron chi connectivity index (χ2n) is 3.20. The maximum Gasteiger partial charge on any atom is 0.481 e. The van der Waals surface area contributed by atoms with Gasteiger partial charge < -0.3 is 12.9 Å². The fourth-order valence-corrected chi connectivity index (χ4v) is 1.74. The van der Waals surface area contributed by atoms with Gasteiger partial charge in [0.1, 0.15) is 0 Å². The maximum absolute atomic E-state index is 12.1. The van der Waals surface area contributed by atoms with Crippen LogP contribution in [0.25, 0.3) is 0 Å². The monoisotopic (exact) mass is 151 g/mol. The van der Waals surface area contributed by atoms with Crippen LogP contribution in [-0.2, 0) is 0 Å². The molecular formula is C6H11BF3-. The predicted molar refractivity (Wildman–Crippen MR) is 35.8 cm³/mol. The van der Waals surface area contributed by atoms with Gasteiger partial charge in [-0.25, -0.2) is 0 Å². The van der Waals surface area contributed by atoms with E-state index in [1.807, 2.05) is 0 Å². The van der Waals surface area contributed by atoms with Crippen LogP contribution in [-0.4, -0.2) is 6.98 Å². The number of halogens is 3. The van der Waals surface area contributed by atoms with Crippen LogP contribution in [0.15, 0.2) is 0 Å². The summed E-state index contributed by atoms with van der Waals surface area (Å²) in [4.78, 5) is 0. The van der Waals surface area contributed by atoms with Crippen LogP contribution in [0, 0.1) is 5.92 Å². The molecule has 0 nitrogen and oxygen atoms in total. The Morgan fingerprint density at radius 1 is 1.20 bits per heavy atom. The van der Waals surface area contributed by atoms with E-state index in [1.54, 1.807) is 6.92 Å². The molecule has 0 unspecified atom stereocenters. The minimum Gasteiger partial charge on any atom is -0.449 e. The minimum absolute atomic E-state index is 0.125. The summed E-state index contributed by atoms with van der Waals surface area (Å²) in [6.07, 6.45) is 1.88. The Morgan fingerprint density at radius 3 is 2.00 bits per heavy atom. The Labute approximate surface area is 58.9 Å². The highest BCUT2D eigenvalue weighted by Gasteiger charge is 2.40. The Hall–Kier alpha value is -0.145. The molecule has 4 heteroatoms. The largest absolute Gasteiger partial charge is 0.481 e. The molecule has 0 spiro atoms. The van der Waals surface area contributed by atoms with Gasteiger partial charge in [-0.2, -0.15) is 0 Å². The van der Waals surface area contributed by atoms with Crippen LogP contribution in [0.5, 0.6) is 0 Å². The van der Waals surface area contributed by atoms with E-state index >= 15 is 0 Å². The van der Waals surface area contributed by atoms with Crippen molar-refractivity contribution in [2.45, 2.75) is 32.0 Å². The summed E-state index contributed by atoms with van der Waals surface area (Å²) in [6, 6.07) is 0. The van der Waals surface area contributed by atoms with Crippen molar-refractivity contribution in [1.29, 1.82) is 0 Å². The number of hydrogen-bond donors (Lipinski definition) is 0. The van der Waals surface area contributed by atoms with Gasteiger partial charge in [-0.1, -0.05) is 37.9 Å². The summed E-state index contributed by atoms with van der Waals surface area (Å²) in [5.41, 5.74) is 0. The van der Waals surface area contributed by atoms with Crippen molar-refractivity contribution in [3.05, 3.63) is 0 Å². The molecule has 60 valence electrons. The smallest absolute Gasteiger partial charge is 0.449 e. The van der Waals surface area contributed by atoms with Crippen molar-refractivity contribution >= 4 is 6.98 Å². The van der Waals surface area contributed by atoms with Crippen LogP contribution in [0.2, 0.25) is 5.82 Å². The zero-order valence-electron chi connectivity index (χ0n) is 5.99. The normalized spacial score (nSPS) is 34.8. The highest BCUT2D eigenvalue weighted by atomic mass is 19.4. The van der Waals surface area contributed by atoms with E-state index in [-0.39, 0.29) is 5.92 Å². The van der Waals surface area contributed by atoms with Crippen LogP contribution < -0.4 is 0 Å². The quantitative estimate of drug-likeness (QED) is 0.505. The van der Waals surface area contributed by atoms with Gasteiger partial charge >= 0.3 is 6.98 Å². The fraction of sp³-hybridized carbons (Fsp3) is 1.00. The van der Waals surface area contributed by atoms with Gasteiger partial charge in [-0.15, -0.1) is 0 Å². The van der Waals surface area contributed by atoms with Gasteiger partial charge in [0.05, 0.1) is 0 Å². The lowest BCUT2D eigenvalue weighted by Crippen LogP contribution is -2.25. The van der Waals surface area contributed by atoms with Crippen molar-refractivity contribution in [1.82, 2.24) is 0 Å². The molecule has 10 heavy (non-hydrogen) atoms. The molecule has 1 fully saturated rings. The zero-order valence-corrected chi connectivity index (χ0v) is 5.99. The van der Waals surface area contributed by atoms with E-state index in [1.165, 1.54) is 0 Å². The first-order valence-corrected chi connectivity index (χ1v) is 3.72. The van der Waals surface area contributed by atoms with Crippen molar-refractivity contribution < 1.29 is 12.9 Å². The molecule has 0 aromatic rings. The first-order valence-electron chi connectivity index (χ1n) is 3.72. The summed E-state index contributed by atoms with van der Waals surface area (Å²) < 4.78 is 36.2. The van der Waals surface area contributed by atoms with E-state index in [9.17, 15) is 12.9 Å². The van der Waals surface area contributed by atoms with Crippen LogP contribution in [0.1, 0.15) is 26.2 Å². The van der Waals surface area contributed by atoms with Gasteiger partial charge in [0.15, 0.2) is 0 Å². The molecule has 0 aliphatic heterocycles. The molecule has 2 atom stereocenters. The molecule has 1 rings (SSSR count). The zero-order chi connectivity index (χ0) is 7.78. The third-order valence-corrected chi connectivity index (χ3v) is 2.41. The number of hydrogen-bond acceptors (Lipinski definition) is 0. The van der Waals surface area contributed by atoms with Crippen LogP contribution >= 0.6 is 0 Å². The molecule has 0 aromatic heterocycles. The third kappa shape index (κ3) is 1.47. The van der Waals surface area contributed by atoms with Crippen LogP contribution in [0.4, 0.5) is 12.9 Å². The second-order valence-corrected chi connectivity index (χ2v) is 3.20. The summed E-state index contributed by atoms with van der Waals surface area (Å²) in [7, 11) is 0. The third-order valence-electron chi connectivity index (χ3n) is 2.41.